The van der Waals surface area contributed by atoms with Gasteiger partial charge in [-0.1, -0.05) is 23.2 Å². The smallest absolute Gasteiger partial charge is 0.260 e. The van der Waals surface area contributed by atoms with Crippen LogP contribution < -0.4 is 9.64 Å². The quantitative estimate of drug-likeness (QED) is 0.831. The highest BCUT2D eigenvalue weighted by molar-refractivity contribution is 6.34. The Labute approximate surface area is 150 Å². The molecule has 2 aromatic rings. The second kappa shape index (κ2) is 7.68. The van der Waals surface area contributed by atoms with Gasteiger partial charge in [0.2, 0.25) is 5.95 Å². The van der Waals surface area contributed by atoms with Crippen LogP contribution in [-0.2, 0) is 4.79 Å². The summed E-state index contributed by atoms with van der Waals surface area (Å²) in [5, 5.41) is 0.941. The molecule has 1 amide bonds. The van der Waals surface area contributed by atoms with Crippen LogP contribution in [0.5, 0.6) is 5.75 Å². The molecule has 6 nitrogen and oxygen atoms in total. The van der Waals surface area contributed by atoms with E-state index >= 15 is 0 Å². The van der Waals surface area contributed by atoms with Gasteiger partial charge in [0.1, 0.15) is 5.75 Å². The Morgan fingerprint density at radius 2 is 1.83 bits per heavy atom. The minimum atomic E-state index is -0.0836. The van der Waals surface area contributed by atoms with Gasteiger partial charge in [0.15, 0.2) is 6.61 Å². The third-order valence-electron chi connectivity index (χ3n) is 3.71. The summed E-state index contributed by atoms with van der Waals surface area (Å²) in [6, 6.07) is 6.69. The van der Waals surface area contributed by atoms with Crippen molar-refractivity contribution in [3.05, 3.63) is 46.7 Å². The van der Waals surface area contributed by atoms with E-state index in [0.29, 0.717) is 47.9 Å². The second-order valence-corrected chi connectivity index (χ2v) is 6.12. The first-order valence-electron chi connectivity index (χ1n) is 7.51. The Hall–Kier alpha value is -2.05. The van der Waals surface area contributed by atoms with Crippen LogP contribution in [0.3, 0.4) is 0 Å². The molecule has 1 aliphatic rings. The van der Waals surface area contributed by atoms with E-state index < -0.39 is 0 Å². The summed E-state index contributed by atoms with van der Waals surface area (Å²) in [5.41, 5.74) is 0. The number of nitrogens with zero attached hydrogens (tertiary/aromatic N) is 4. The van der Waals surface area contributed by atoms with Crippen molar-refractivity contribution < 1.29 is 9.53 Å². The van der Waals surface area contributed by atoms with Crippen molar-refractivity contribution in [1.29, 1.82) is 0 Å². The number of benzene rings is 1. The molecule has 0 radical (unpaired) electrons. The van der Waals surface area contributed by atoms with Gasteiger partial charge in [-0.05, 0) is 18.2 Å². The monoisotopic (exact) mass is 366 g/mol. The third-order valence-corrected chi connectivity index (χ3v) is 4.26. The molecule has 126 valence electrons. The Balaban J connectivity index is 1.51. The zero-order valence-electron chi connectivity index (χ0n) is 12.9. The number of carbonyl (C=O) groups is 1. The summed E-state index contributed by atoms with van der Waals surface area (Å²) in [7, 11) is 0. The van der Waals surface area contributed by atoms with E-state index in [1.165, 1.54) is 0 Å². The fourth-order valence-electron chi connectivity index (χ4n) is 2.43. The van der Waals surface area contributed by atoms with E-state index in [9.17, 15) is 4.79 Å². The minimum Gasteiger partial charge on any atom is -0.482 e. The first-order chi connectivity index (χ1) is 11.6. The lowest BCUT2D eigenvalue weighted by Gasteiger charge is -2.34. The van der Waals surface area contributed by atoms with Gasteiger partial charge >= 0.3 is 0 Å². The second-order valence-electron chi connectivity index (χ2n) is 5.28. The van der Waals surface area contributed by atoms with Crippen LogP contribution in [0.1, 0.15) is 0 Å². The summed E-state index contributed by atoms with van der Waals surface area (Å²) in [5.74, 6) is 1.01. The fourth-order valence-corrected chi connectivity index (χ4v) is 2.76. The standard InChI is InChI=1S/C16H16Cl2N4O2/c17-12-2-3-13(18)14(10-12)24-11-15(23)21-6-8-22(9-7-21)16-19-4-1-5-20-16/h1-5,10H,6-9,11H2. The zero-order chi connectivity index (χ0) is 16.9. The number of amides is 1. The van der Waals surface area contributed by atoms with Gasteiger partial charge in [0, 0.05) is 49.7 Å². The average Bonchev–Trinajstić information content (AvgIpc) is 2.63. The number of ether oxygens (including phenoxy) is 1. The molecule has 0 spiro atoms. The number of carbonyl (C=O) groups excluding carboxylic acids is 1. The highest BCUT2D eigenvalue weighted by atomic mass is 35.5. The Bertz CT molecular complexity index is 706. The van der Waals surface area contributed by atoms with Crippen molar-refractivity contribution in [3.8, 4) is 5.75 Å². The van der Waals surface area contributed by atoms with Crippen molar-refractivity contribution in [1.82, 2.24) is 14.9 Å². The maximum absolute atomic E-state index is 12.3. The van der Waals surface area contributed by atoms with E-state index in [-0.39, 0.29) is 12.5 Å². The number of halogens is 2. The topological polar surface area (TPSA) is 58.6 Å². The molecule has 0 N–H and O–H groups in total. The zero-order valence-corrected chi connectivity index (χ0v) is 14.4. The molecule has 0 unspecified atom stereocenters. The van der Waals surface area contributed by atoms with Gasteiger partial charge in [-0.2, -0.15) is 0 Å². The van der Waals surface area contributed by atoms with Crippen LogP contribution in [0.15, 0.2) is 36.7 Å². The molecular weight excluding hydrogens is 351 g/mol. The van der Waals surface area contributed by atoms with Crippen molar-refractivity contribution in [3.63, 3.8) is 0 Å². The lowest BCUT2D eigenvalue weighted by molar-refractivity contribution is -0.133. The largest absolute Gasteiger partial charge is 0.482 e. The highest BCUT2D eigenvalue weighted by Crippen LogP contribution is 2.27. The number of anilines is 1. The molecule has 1 aliphatic heterocycles. The Morgan fingerprint density at radius 1 is 1.12 bits per heavy atom. The number of hydrogen-bond donors (Lipinski definition) is 0. The van der Waals surface area contributed by atoms with E-state index in [2.05, 4.69) is 14.9 Å². The predicted octanol–water partition coefficient (Wildman–Crippen LogP) is 2.51. The van der Waals surface area contributed by atoms with E-state index in [0.717, 1.165) is 0 Å². The fraction of sp³-hybridized carbons (Fsp3) is 0.312. The predicted molar refractivity (Wildman–Crippen MR) is 92.8 cm³/mol. The maximum atomic E-state index is 12.3. The van der Waals surface area contributed by atoms with Crippen molar-refractivity contribution in [2.75, 3.05) is 37.7 Å². The first-order valence-corrected chi connectivity index (χ1v) is 8.26. The molecule has 0 atom stereocenters. The first kappa shape index (κ1) is 16.8. The lowest BCUT2D eigenvalue weighted by atomic mass is 10.3. The summed E-state index contributed by atoms with van der Waals surface area (Å²) in [4.78, 5) is 24.6. The summed E-state index contributed by atoms with van der Waals surface area (Å²) in [6.45, 7) is 2.51. The molecule has 1 aromatic heterocycles. The molecular formula is C16H16Cl2N4O2. The summed E-state index contributed by atoms with van der Waals surface area (Å²) in [6.07, 6.45) is 3.42. The van der Waals surface area contributed by atoms with E-state index in [1.807, 2.05) is 0 Å². The van der Waals surface area contributed by atoms with Crippen molar-refractivity contribution in [2.45, 2.75) is 0 Å². The lowest BCUT2D eigenvalue weighted by Crippen LogP contribution is -2.50. The molecule has 3 rings (SSSR count). The minimum absolute atomic E-state index is 0.0676. The molecule has 2 heterocycles. The Morgan fingerprint density at radius 3 is 2.54 bits per heavy atom. The van der Waals surface area contributed by atoms with Crippen LogP contribution in [0.2, 0.25) is 10.0 Å². The molecule has 0 saturated carbocycles. The van der Waals surface area contributed by atoms with Crippen molar-refractivity contribution in [2.24, 2.45) is 0 Å². The van der Waals surface area contributed by atoms with Crippen LogP contribution in [-0.4, -0.2) is 53.6 Å². The van der Waals surface area contributed by atoms with Crippen LogP contribution in [0, 0.1) is 0 Å². The van der Waals surface area contributed by atoms with Crippen LogP contribution >= 0.6 is 23.2 Å². The molecule has 8 heteroatoms. The van der Waals surface area contributed by atoms with Gasteiger partial charge in [0.05, 0.1) is 5.02 Å². The summed E-state index contributed by atoms with van der Waals surface area (Å²) < 4.78 is 5.50. The molecule has 0 aliphatic carbocycles. The van der Waals surface area contributed by atoms with E-state index in [1.54, 1.807) is 41.6 Å². The van der Waals surface area contributed by atoms with Gasteiger partial charge in [-0.3, -0.25) is 4.79 Å². The molecule has 24 heavy (non-hydrogen) atoms. The average molecular weight is 367 g/mol. The van der Waals surface area contributed by atoms with Gasteiger partial charge in [-0.25, -0.2) is 9.97 Å². The number of piperazine rings is 1. The van der Waals surface area contributed by atoms with Gasteiger partial charge in [0.25, 0.3) is 5.91 Å². The number of aromatic nitrogens is 2. The molecule has 1 saturated heterocycles. The molecule has 0 bridgehead atoms. The molecule has 1 fully saturated rings. The maximum Gasteiger partial charge on any atom is 0.260 e. The Kier molecular flexibility index (Phi) is 5.37. The normalized spacial score (nSPS) is 14.6. The highest BCUT2D eigenvalue weighted by Gasteiger charge is 2.22. The van der Waals surface area contributed by atoms with Crippen molar-refractivity contribution >= 4 is 35.1 Å². The van der Waals surface area contributed by atoms with Crippen LogP contribution in [0.25, 0.3) is 0 Å². The van der Waals surface area contributed by atoms with Gasteiger partial charge in [-0.15, -0.1) is 0 Å². The van der Waals surface area contributed by atoms with Crippen LogP contribution in [0.4, 0.5) is 5.95 Å². The van der Waals surface area contributed by atoms with Gasteiger partial charge < -0.3 is 14.5 Å². The number of hydrogen-bond acceptors (Lipinski definition) is 5. The molecule has 1 aromatic carbocycles. The van der Waals surface area contributed by atoms with E-state index in [4.69, 9.17) is 27.9 Å². The summed E-state index contributed by atoms with van der Waals surface area (Å²) >= 11 is 11.9. The number of rotatable bonds is 4. The SMILES string of the molecule is O=C(COc1cc(Cl)ccc1Cl)N1CCN(c2ncccn2)CC1. The third kappa shape index (κ3) is 4.07.